The Kier molecular flexibility index (Phi) is 9.82. The number of rotatable bonds is 10. The number of hydrogen-bond donors (Lipinski definition) is 0. The van der Waals surface area contributed by atoms with Crippen molar-refractivity contribution in [3.63, 3.8) is 0 Å². The molecule has 0 radical (unpaired) electrons. The van der Waals surface area contributed by atoms with Gasteiger partial charge in [-0.3, -0.25) is 14.6 Å². The van der Waals surface area contributed by atoms with Crippen molar-refractivity contribution in [3.8, 4) is 11.3 Å². The van der Waals surface area contributed by atoms with Crippen molar-refractivity contribution >= 4 is 29.3 Å². The molecule has 2 aromatic carbocycles. The fourth-order valence-corrected chi connectivity index (χ4v) is 5.03. The highest BCUT2D eigenvalue weighted by Gasteiger charge is 2.30. The van der Waals surface area contributed by atoms with Gasteiger partial charge in [0.1, 0.15) is 17.4 Å². The quantitative estimate of drug-likeness (QED) is 0.113. The van der Waals surface area contributed by atoms with E-state index in [-0.39, 0.29) is 29.8 Å². The summed E-state index contributed by atoms with van der Waals surface area (Å²) < 4.78 is 53.3. The van der Waals surface area contributed by atoms with E-state index >= 15 is 0 Å². The first-order valence-corrected chi connectivity index (χ1v) is 13.9. The van der Waals surface area contributed by atoms with Crippen LogP contribution in [0.25, 0.3) is 11.3 Å². The maximum absolute atomic E-state index is 13.4. The lowest BCUT2D eigenvalue weighted by Crippen LogP contribution is -2.35. The van der Waals surface area contributed by atoms with Gasteiger partial charge in [0.05, 0.1) is 11.3 Å². The number of thioether (sulfide) groups is 1. The number of alkyl halides is 3. The van der Waals surface area contributed by atoms with E-state index in [4.69, 9.17) is 11.6 Å². The molecule has 0 aliphatic heterocycles. The van der Waals surface area contributed by atoms with E-state index in [2.05, 4.69) is 9.97 Å². The zero-order valence-corrected chi connectivity index (χ0v) is 23.4. The van der Waals surface area contributed by atoms with Crippen molar-refractivity contribution in [1.29, 1.82) is 0 Å². The Morgan fingerprint density at radius 3 is 2.32 bits per heavy atom. The standard InChI is InChI=1S/C29H25ClF4N4O2S/c1-2-13-37(15-20-5-12-25(35-14-20)21-6-8-22(9-7-21)29(32,33)34)26(39)17-38-16-24(30)27(40)36-28(38)41-18-19-3-10-23(31)11-4-19/h3-12,14,16H,2,13,15,17-18H2,1H3. The van der Waals surface area contributed by atoms with Crippen LogP contribution >= 0.6 is 23.4 Å². The molecule has 0 saturated heterocycles. The lowest BCUT2D eigenvalue weighted by atomic mass is 10.1. The molecular weight excluding hydrogens is 580 g/mol. The Hall–Kier alpha value is -3.70. The Morgan fingerprint density at radius 2 is 1.71 bits per heavy atom. The summed E-state index contributed by atoms with van der Waals surface area (Å²) in [6, 6.07) is 14.2. The summed E-state index contributed by atoms with van der Waals surface area (Å²) in [5.41, 5.74) is 1.26. The summed E-state index contributed by atoms with van der Waals surface area (Å²) in [7, 11) is 0. The van der Waals surface area contributed by atoms with Gasteiger partial charge in [-0.1, -0.05) is 60.6 Å². The predicted molar refractivity (Wildman–Crippen MR) is 150 cm³/mol. The minimum Gasteiger partial charge on any atom is -0.337 e. The lowest BCUT2D eigenvalue weighted by Gasteiger charge is -2.23. The smallest absolute Gasteiger partial charge is 0.337 e. The van der Waals surface area contributed by atoms with Crippen LogP contribution in [0, 0.1) is 5.82 Å². The highest BCUT2D eigenvalue weighted by atomic mass is 35.5. The molecule has 41 heavy (non-hydrogen) atoms. The second kappa shape index (κ2) is 13.3. The molecule has 0 atom stereocenters. The predicted octanol–water partition coefficient (Wildman–Crippen LogP) is 6.85. The van der Waals surface area contributed by atoms with Crippen LogP contribution in [0.5, 0.6) is 0 Å². The molecule has 214 valence electrons. The van der Waals surface area contributed by atoms with Crippen molar-refractivity contribution in [2.75, 3.05) is 6.54 Å². The van der Waals surface area contributed by atoms with Gasteiger partial charge in [-0.05, 0) is 47.9 Å². The number of carbonyl (C=O) groups is 1. The summed E-state index contributed by atoms with van der Waals surface area (Å²) in [6.07, 6.45) is -0.751. The van der Waals surface area contributed by atoms with Gasteiger partial charge in [0, 0.05) is 36.8 Å². The minimum absolute atomic E-state index is 0.115. The summed E-state index contributed by atoms with van der Waals surface area (Å²) in [5, 5.41) is 0.185. The Labute approximate surface area is 243 Å². The highest BCUT2D eigenvalue weighted by Crippen LogP contribution is 2.30. The van der Waals surface area contributed by atoms with Gasteiger partial charge in [-0.25, -0.2) is 4.39 Å². The molecule has 0 spiro atoms. The normalized spacial score (nSPS) is 11.5. The molecule has 0 aliphatic rings. The van der Waals surface area contributed by atoms with Crippen LogP contribution in [0.2, 0.25) is 5.02 Å². The third kappa shape index (κ3) is 8.17. The van der Waals surface area contributed by atoms with Crippen LogP contribution in [0.4, 0.5) is 17.6 Å². The fraction of sp³-hybridized carbons (Fsp3) is 0.241. The molecular formula is C29H25ClF4N4O2S. The number of hydrogen-bond acceptors (Lipinski definition) is 5. The van der Waals surface area contributed by atoms with Crippen LogP contribution in [0.15, 0.2) is 83.0 Å². The van der Waals surface area contributed by atoms with E-state index in [9.17, 15) is 27.2 Å². The first-order valence-electron chi connectivity index (χ1n) is 12.6. The molecule has 2 aromatic heterocycles. The maximum atomic E-state index is 13.4. The van der Waals surface area contributed by atoms with Crippen LogP contribution in [0.1, 0.15) is 30.0 Å². The highest BCUT2D eigenvalue weighted by molar-refractivity contribution is 7.98. The molecule has 0 unspecified atom stereocenters. The van der Waals surface area contributed by atoms with E-state index in [1.807, 2.05) is 6.92 Å². The Morgan fingerprint density at radius 1 is 1.02 bits per heavy atom. The van der Waals surface area contributed by atoms with Crippen molar-refractivity contribution in [1.82, 2.24) is 19.4 Å². The first kappa shape index (κ1) is 30.3. The molecule has 0 N–H and O–H groups in total. The van der Waals surface area contributed by atoms with E-state index in [0.29, 0.717) is 35.1 Å². The SMILES string of the molecule is CCCN(Cc1ccc(-c2ccc(C(F)(F)F)cc2)nc1)C(=O)Cn1cc(Cl)c(=O)nc1SCc1ccc(F)cc1. The summed E-state index contributed by atoms with van der Waals surface area (Å²) in [4.78, 5) is 35.5. The molecule has 2 heterocycles. The topological polar surface area (TPSA) is 68.1 Å². The lowest BCUT2D eigenvalue weighted by molar-refractivity contribution is -0.137. The van der Waals surface area contributed by atoms with Gasteiger partial charge in [-0.15, -0.1) is 0 Å². The fourth-order valence-electron chi connectivity index (χ4n) is 3.96. The summed E-state index contributed by atoms with van der Waals surface area (Å²) >= 11 is 7.26. The third-order valence-corrected chi connectivity index (χ3v) is 7.38. The van der Waals surface area contributed by atoms with E-state index < -0.39 is 17.3 Å². The number of halogens is 5. The van der Waals surface area contributed by atoms with Crippen molar-refractivity contribution in [2.45, 2.75) is 43.5 Å². The third-order valence-electron chi connectivity index (χ3n) is 6.06. The second-order valence-electron chi connectivity index (χ2n) is 9.16. The average molecular weight is 605 g/mol. The first-order chi connectivity index (χ1) is 19.5. The number of benzene rings is 2. The van der Waals surface area contributed by atoms with Gasteiger partial charge < -0.3 is 9.47 Å². The number of carbonyl (C=O) groups excluding carboxylic acids is 1. The van der Waals surface area contributed by atoms with Crippen molar-refractivity contribution < 1.29 is 22.4 Å². The van der Waals surface area contributed by atoms with Gasteiger partial charge in [0.2, 0.25) is 5.91 Å². The molecule has 6 nitrogen and oxygen atoms in total. The van der Waals surface area contributed by atoms with Gasteiger partial charge in [0.15, 0.2) is 5.16 Å². The van der Waals surface area contributed by atoms with Crippen LogP contribution in [-0.2, 0) is 29.8 Å². The molecule has 0 fully saturated rings. The molecule has 0 aliphatic carbocycles. The summed E-state index contributed by atoms with van der Waals surface area (Å²) in [6.45, 7) is 2.54. The van der Waals surface area contributed by atoms with Crippen LogP contribution in [0.3, 0.4) is 0 Å². The second-order valence-corrected chi connectivity index (χ2v) is 10.5. The zero-order valence-electron chi connectivity index (χ0n) is 21.9. The van der Waals surface area contributed by atoms with Gasteiger partial charge in [-0.2, -0.15) is 18.2 Å². The Balaban J connectivity index is 1.47. The molecule has 4 rings (SSSR count). The van der Waals surface area contributed by atoms with Gasteiger partial charge in [0.25, 0.3) is 5.56 Å². The average Bonchev–Trinajstić information content (AvgIpc) is 2.95. The summed E-state index contributed by atoms with van der Waals surface area (Å²) in [5.74, 6) is -0.187. The van der Waals surface area contributed by atoms with E-state index in [0.717, 1.165) is 23.3 Å². The zero-order chi connectivity index (χ0) is 29.6. The molecule has 12 heteroatoms. The number of aromatic nitrogens is 3. The number of pyridine rings is 1. The molecule has 0 saturated carbocycles. The van der Waals surface area contributed by atoms with Crippen LogP contribution in [-0.4, -0.2) is 31.9 Å². The maximum Gasteiger partial charge on any atom is 0.416 e. The molecule has 0 bridgehead atoms. The molecule has 1 amide bonds. The molecule has 4 aromatic rings. The van der Waals surface area contributed by atoms with Crippen molar-refractivity contribution in [2.24, 2.45) is 0 Å². The van der Waals surface area contributed by atoms with E-state index in [1.165, 1.54) is 46.8 Å². The largest absolute Gasteiger partial charge is 0.416 e. The number of nitrogens with zero attached hydrogens (tertiary/aromatic N) is 4. The minimum atomic E-state index is -4.41. The van der Waals surface area contributed by atoms with Crippen molar-refractivity contribution in [3.05, 3.63) is 111 Å². The van der Waals surface area contributed by atoms with Crippen LogP contribution < -0.4 is 5.56 Å². The Bertz CT molecular complexity index is 1540. The van der Waals surface area contributed by atoms with E-state index in [1.54, 1.807) is 35.4 Å². The van der Waals surface area contributed by atoms with Gasteiger partial charge >= 0.3 is 6.18 Å². The number of amides is 1. The monoisotopic (exact) mass is 604 g/mol.